The summed E-state index contributed by atoms with van der Waals surface area (Å²) in [5.41, 5.74) is 8.26. The summed E-state index contributed by atoms with van der Waals surface area (Å²) in [5, 5.41) is 3.94. The fourth-order valence-corrected chi connectivity index (χ4v) is 1.74. The van der Waals surface area contributed by atoms with Crippen molar-refractivity contribution >= 4 is 0 Å². The summed E-state index contributed by atoms with van der Waals surface area (Å²) in [6.07, 6.45) is -0.365. The Labute approximate surface area is 105 Å². The maximum Gasteiger partial charge on any atom is 0.257 e. The monoisotopic (exact) mass is 248 g/mol. The fraction of sp³-hybridized carbons (Fsp3) is 0.417. The highest BCUT2D eigenvalue weighted by atomic mass is 16.5. The maximum absolute atomic E-state index is 5.55. The Morgan fingerprint density at radius 3 is 2.50 bits per heavy atom. The van der Waals surface area contributed by atoms with Crippen LogP contribution in [0.4, 0.5) is 0 Å². The van der Waals surface area contributed by atoms with E-state index in [2.05, 4.69) is 15.1 Å². The van der Waals surface area contributed by atoms with Crippen LogP contribution >= 0.6 is 0 Å². The molecule has 0 radical (unpaired) electrons. The van der Waals surface area contributed by atoms with Crippen LogP contribution in [0.2, 0.25) is 0 Å². The Morgan fingerprint density at radius 2 is 1.94 bits per heavy atom. The van der Waals surface area contributed by atoms with Gasteiger partial charge in [0, 0.05) is 30.6 Å². The molecule has 0 saturated heterocycles. The van der Waals surface area contributed by atoms with E-state index in [1.807, 2.05) is 26.0 Å². The number of aromatic nitrogens is 3. The Balaban J connectivity index is 2.34. The number of hydrogen-bond acceptors (Lipinski definition) is 6. The molecular weight excluding hydrogens is 232 g/mol. The van der Waals surface area contributed by atoms with Gasteiger partial charge in [0.2, 0.25) is 5.82 Å². The minimum Gasteiger partial charge on any atom is -0.370 e. The Hall–Kier alpha value is -1.79. The van der Waals surface area contributed by atoms with Gasteiger partial charge in [-0.2, -0.15) is 4.98 Å². The summed E-state index contributed by atoms with van der Waals surface area (Å²) in [6, 6.07) is 3.82. The second-order valence-corrected chi connectivity index (χ2v) is 4.05. The van der Waals surface area contributed by atoms with Crippen molar-refractivity contribution in [2.75, 3.05) is 13.7 Å². The number of methoxy groups -OCH3 is 1. The van der Waals surface area contributed by atoms with Crippen LogP contribution in [-0.2, 0) is 4.74 Å². The van der Waals surface area contributed by atoms with Crippen LogP contribution in [0.3, 0.4) is 0 Å². The second-order valence-electron chi connectivity index (χ2n) is 4.05. The number of pyridine rings is 1. The lowest BCUT2D eigenvalue weighted by Gasteiger charge is -2.05. The lowest BCUT2D eigenvalue weighted by atomic mass is 10.2. The van der Waals surface area contributed by atoms with Crippen LogP contribution in [-0.4, -0.2) is 28.8 Å². The second kappa shape index (κ2) is 5.24. The molecule has 2 aromatic heterocycles. The highest BCUT2D eigenvalue weighted by molar-refractivity contribution is 5.55. The molecule has 0 aliphatic heterocycles. The molecule has 6 heteroatoms. The Kier molecular flexibility index (Phi) is 3.69. The van der Waals surface area contributed by atoms with E-state index in [0.717, 1.165) is 17.0 Å². The summed E-state index contributed by atoms with van der Waals surface area (Å²) < 4.78 is 10.3. The zero-order valence-corrected chi connectivity index (χ0v) is 10.7. The molecule has 0 aliphatic rings. The number of nitrogens with zero attached hydrogens (tertiary/aromatic N) is 3. The van der Waals surface area contributed by atoms with Gasteiger partial charge in [0.25, 0.3) is 5.89 Å². The topological polar surface area (TPSA) is 87.1 Å². The third-order valence-corrected chi connectivity index (χ3v) is 2.56. The van der Waals surface area contributed by atoms with E-state index in [1.54, 1.807) is 7.11 Å². The molecule has 0 aromatic carbocycles. The van der Waals surface area contributed by atoms with Crippen molar-refractivity contribution in [2.45, 2.75) is 20.0 Å². The zero-order valence-electron chi connectivity index (χ0n) is 10.7. The molecule has 2 N–H and O–H groups in total. The molecule has 2 rings (SSSR count). The number of hydrogen-bond donors (Lipinski definition) is 1. The van der Waals surface area contributed by atoms with E-state index < -0.39 is 0 Å². The minimum atomic E-state index is -0.365. The first-order chi connectivity index (χ1) is 8.63. The van der Waals surface area contributed by atoms with E-state index in [4.69, 9.17) is 15.0 Å². The van der Waals surface area contributed by atoms with Gasteiger partial charge in [-0.15, -0.1) is 0 Å². The molecule has 0 bridgehead atoms. The highest BCUT2D eigenvalue weighted by Gasteiger charge is 2.17. The lowest BCUT2D eigenvalue weighted by Crippen LogP contribution is -2.14. The Bertz CT molecular complexity index is 514. The maximum atomic E-state index is 5.55. The van der Waals surface area contributed by atoms with E-state index in [-0.39, 0.29) is 6.10 Å². The Morgan fingerprint density at radius 1 is 1.28 bits per heavy atom. The van der Waals surface area contributed by atoms with Gasteiger partial charge < -0.3 is 15.0 Å². The van der Waals surface area contributed by atoms with Crippen LogP contribution in [0.25, 0.3) is 11.4 Å². The molecule has 1 unspecified atom stereocenters. The van der Waals surface area contributed by atoms with Gasteiger partial charge >= 0.3 is 0 Å². The van der Waals surface area contributed by atoms with Gasteiger partial charge in [0.05, 0.1) is 0 Å². The average molecular weight is 248 g/mol. The molecule has 0 aliphatic carbocycles. The summed E-state index contributed by atoms with van der Waals surface area (Å²) in [5.74, 6) is 0.913. The molecule has 1 atom stereocenters. The van der Waals surface area contributed by atoms with Crippen molar-refractivity contribution in [1.82, 2.24) is 15.1 Å². The molecule has 18 heavy (non-hydrogen) atoms. The first-order valence-corrected chi connectivity index (χ1v) is 5.66. The molecule has 0 spiro atoms. The SMILES string of the molecule is COC(CN)c1nc(-c2cc(C)nc(C)c2)no1. The zero-order chi connectivity index (χ0) is 13.1. The van der Waals surface area contributed by atoms with Gasteiger partial charge in [-0.05, 0) is 26.0 Å². The number of ether oxygens (including phenoxy) is 1. The van der Waals surface area contributed by atoms with Gasteiger partial charge in [-0.3, -0.25) is 4.98 Å². The average Bonchev–Trinajstić information content (AvgIpc) is 2.79. The molecule has 0 amide bonds. The minimum absolute atomic E-state index is 0.298. The van der Waals surface area contributed by atoms with Gasteiger partial charge in [0.1, 0.15) is 6.10 Å². The molecule has 2 heterocycles. The van der Waals surface area contributed by atoms with Gasteiger partial charge in [-0.25, -0.2) is 0 Å². The molecule has 96 valence electrons. The predicted molar refractivity (Wildman–Crippen MR) is 65.8 cm³/mol. The van der Waals surface area contributed by atoms with Crippen LogP contribution < -0.4 is 5.73 Å². The van der Waals surface area contributed by atoms with Crippen LogP contribution in [0.1, 0.15) is 23.4 Å². The van der Waals surface area contributed by atoms with Gasteiger partial charge in [-0.1, -0.05) is 5.16 Å². The third-order valence-electron chi connectivity index (χ3n) is 2.56. The van der Waals surface area contributed by atoms with E-state index >= 15 is 0 Å². The molecule has 0 fully saturated rings. The molecular formula is C12H16N4O2. The van der Waals surface area contributed by atoms with Gasteiger partial charge in [0.15, 0.2) is 0 Å². The fourth-order valence-electron chi connectivity index (χ4n) is 1.74. The molecule has 2 aromatic rings. The van der Waals surface area contributed by atoms with Crippen molar-refractivity contribution in [2.24, 2.45) is 5.73 Å². The van der Waals surface area contributed by atoms with E-state index in [1.165, 1.54) is 0 Å². The van der Waals surface area contributed by atoms with Crippen molar-refractivity contribution < 1.29 is 9.26 Å². The predicted octanol–water partition coefficient (Wildman–Crippen LogP) is 1.39. The number of nitrogens with two attached hydrogens (primary N) is 1. The van der Waals surface area contributed by atoms with Crippen LogP contribution in [0.15, 0.2) is 16.7 Å². The highest BCUT2D eigenvalue weighted by Crippen LogP contribution is 2.20. The first kappa shape index (κ1) is 12.7. The normalized spacial score (nSPS) is 12.7. The lowest BCUT2D eigenvalue weighted by molar-refractivity contribution is 0.0804. The third kappa shape index (κ3) is 2.55. The molecule has 0 saturated carbocycles. The number of aryl methyl sites for hydroxylation is 2. The van der Waals surface area contributed by atoms with Crippen molar-refractivity contribution in [3.05, 3.63) is 29.4 Å². The van der Waals surface area contributed by atoms with Crippen molar-refractivity contribution in [1.29, 1.82) is 0 Å². The van der Waals surface area contributed by atoms with E-state index in [9.17, 15) is 0 Å². The van der Waals surface area contributed by atoms with Crippen molar-refractivity contribution in [3.8, 4) is 11.4 Å². The summed E-state index contributed by atoms with van der Waals surface area (Å²) in [6.45, 7) is 4.15. The van der Waals surface area contributed by atoms with Crippen LogP contribution in [0, 0.1) is 13.8 Å². The largest absolute Gasteiger partial charge is 0.370 e. The smallest absolute Gasteiger partial charge is 0.257 e. The number of rotatable bonds is 4. The first-order valence-electron chi connectivity index (χ1n) is 5.66. The summed E-state index contributed by atoms with van der Waals surface area (Å²) in [7, 11) is 1.56. The van der Waals surface area contributed by atoms with E-state index in [0.29, 0.717) is 18.3 Å². The standard InChI is InChI=1S/C12H16N4O2/c1-7-4-9(5-8(2)14-7)11-15-12(18-16-11)10(6-13)17-3/h4-5,10H,6,13H2,1-3H3. The quantitative estimate of drug-likeness (QED) is 0.879. The van der Waals surface area contributed by atoms with Crippen molar-refractivity contribution in [3.63, 3.8) is 0 Å². The molecule has 6 nitrogen and oxygen atoms in total. The summed E-state index contributed by atoms with van der Waals surface area (Å²) >= 11 is 0. The van der Waals surface area contributed by atoms with Crippen LogP contribution in [0.5, 0.6) is 0 Å². The summed E-state index contributed by atoms with van der Waals surface area (Å²) in [4.78, 5) is 8.60.